The molecule has 2 unspecified atom stereocenters. The Balaban J connectivity index is 1.93. The molecule has 1 amide bonds. The molecule has 1 aromatic carbocycles. The maximum absolute atomic E-state index is 11.8. The molecule has 4 heteroatoms. The van der Waals surface area contributed by atoms with E-state index in [1.54, 1.807) is 0 Å². The van der Waals surface area contributed by atoms with Crippen LogP contribution in [-0.4, -0.2) is 25.0 Å². The van der Waals surface area contributed by atoms with Crippen LogP contribution in [0.25, 0.3) is 0 Å². The van der Waals surface area contributed by atoms with E-state index in [4.69, 9.17) is 5.73 Å². The minimum atomic E-state index is 0.163. The molecule has 0 saturated carbocycles. The first-order valence-electron chi connectivity index (χ1n) is 6.57. The SMILES string of the molecule is Cc1cc(N)ccc1N1CCCC2C(=O)NCC21. The average molecular weight is 245 g/mol. The predicted molar refractivity (Wildman–Crippen MR) is 72.5 cm³/mol. The number of hydrogen-bond donors (Lipinski definition) is 2. The first kappa shape index (κ1) is 11.4. The van der Waals surface area contributed by atoms with Crippen molar-refractivity contribution in [3.05, 3.63) is 23.8 Å². The largest absolute Gasteiger partial charge is 0.399 e. The second-order valence-electron chi connectivity index (χ2n) is 5.30. The molecule has 0 bridgehead atoms. The van der Waals surface area contributed by atoms with E-state index in [1.165, 1.54) is 11.3 Å². The summed E-state index contributed by atoms with van der Waals surface area (Å²) in [4.78, 5) is 14.1. The molecule has 4 nitrogen and oxygen atoms in total. The van der Waals surface area contributed by atoms with Gasteiger partial charge in [0.2, 0.25) is 5.91 Å². The van der Waals surface area contributed by atoms with E-state index in [9.17, 15) is 4.79 Å². The van der Waals surface area contributed by atoms with Gasteiger partial charge in [-0.25, -0.2) is 0 Å². The second-order valence-corrected chi connectivity index (χ2v) is 5.30. The highest BCUT2D eigenvalue weighted by molar-refractivity contribution is 5.83. The van der Waals surface area contributed by atoms with E-state index in [-0.39, 0.29) is 11.8 Å². The Morgan fingerprint density at radius 2 is 2.28 bits per heavy atom. The Labute approximate surface area is 107 Å². The summed E-state index contributed by atoms with van der Waals surface area (Å²) in [6.07, 6.45) is 2.10. The highest BCUT2D eigenvalue weighted by Gasteiger charge is 2.41. The van der Waals surface area contributed by atoms with E-state index < -0.39 is 0 Å². The molecule has 2 atom stereocenters. The highest BCUT2D eigenvalue weighted by Crippen LogP contribution is 2.33. The van der Waals surface area contributed by atoms with Gasteiger partial charge in [-0.15, -0.1) is 0 Å². The van der Waals surface area contributed by atoms with Crippen molar-refractivity contribution in [2.24, 2.45) is 5.92 Å². The molecule has 3 rings (SSSR count). The lowest BCUT2D eigenvalue weighted by atomic mass is 9.90. The first-order chi connectivity index (χ1) is 8.66. The number of fused-ring (bicyclic) bond motifs is 1. The second kappa shape index (κ2) is 4.19. The Hall–Kier alpha value is -1.71. The van der Waals surface area contributed by atoms with E-state index in [2.05, 4.69) is 23.2 Å². The van der Waals surface area contributed by atoms with Crippen molar-refractivity contribution in [1.82, 2.24) is 5.32 Å². The number of carbonyl (C=O) groups excluding carboxylic acids is 1. The molecule has 2 heterocycles. The number of nitrogens with one attached hydrogen (secondary N) is 1. The standard InChI is InChI=1S/C14H19N3O/c1-9-7-10(15)4-5-12(9)17-6-2-3-11-13(17)8-16-14(11)18/h4-5,7,11,13H,2-3,6,8,15H2,1H3,(H,16,18). The maximum atomic E-state index is 11.8. The Kier molecular flexibility index (Phi) is 2.65. The van der Waals surface area contributed by atoms with Crippen molar-refractivity contribution in [2.75, 3.05) is 23.7 Å². The van der Waals surface area contributed by atoms with Crippen molar-refractivity contribution in [3.8, 4) is 0 Å². The molecule has 2 saturated heterocycles. The fourth-order valence-corrected chi connectivity index (χ4v) is 3.25. The third-order valence-electron chi connectivity index (χ3n) is 4.13. The molecule has 2 aliphatic heterocycles. The summed E-state index contributed by atoms with van der Waals surface area (Å²) in [6, 6.07) is 6.34. The van der Waals surface area contributed by atoms with Crippen LogP contribution in [0.5, 0.6) is 0 Å². The third-order valence-corrected chi connectivity index (χ3v) is 4.13. The Morgan fingerprint density at radius 3 is 3.06 bits per heavy atom. The van der Waals surface area contributed by atoms with Gasteiger partial charge in [0.25, 0.3) is 0 Å². The zero-order valence-corrected chi connectivity index (χ0v) is 10.6. The van der Waals surface area contributed by atoms with Crippen LogP contribution in [0.3, 0.4) is 0 Å². The molecular formula is C14H19N3O. The van der Waals surface area contributed by atoms with Crippen LogP contribution < -0.4 is 16.0 Å². The van der Waals surface area contributed by atoms with Crippen molar-refractivity contribution in [1.29, 1.82) is 0 Å². The fourth-order valence-electron chi connectivity index (χ4n) is 3.25. The normalized spacial score (nSPS) is 26.9. The number of hydrogen-bond acceptors (Lipinski definition) is 3. The Bertz CT molecular complexity index is 486. The van der Waals surface area contributed by atoms with Crippen LogP contribution in [0.4, 0.5) is 11.4 Å². The summed E-state index contributed by atoms with van der Waals surface area (Å²) in [6.45, 7) is 3.88. The van der Waals surface area contributed by atoms with Crippen LogP contribution in [0, 0.1) is 12.8 Å². The van der Waals surface area contributed by atoms with Gasteiger partial charge in [0.15, 0.2) is 0 Å². The van der Waals surface area contributed by atoms with Gasteiger partial charge in [-0.05, 0) is 43.5 Å². The Morgan fingerprint density at radius 1 is 1.44 bits per heavy atom. The number of rotatable bonds is 1. The number of nitrogens with zero attached hydrogens (tertiary/aromatic N) is 1. The lowest BCUT2D eigenvalue weighted by Gasteiger charge is -2.38. The maximum Gasteiger partial charge on any atom is 0.225 e. The zero-order valence-electron chi connectivity index (χ0n) is 10.6. The highest BCUT2D eigenvalue weighted by atomic mass is 16.2. The van der Waals surface area contributed by atoms with E-state index >= 15 is 0 Å². The van der Waals surface area contributed by atoms with Gasteiger partial charge in [-0.3, -0.25) is 4.79 Å². The van der Waals surface area contributed by atoms with Gasteiger partial charge in [0.05, 0.1) is 12.0 Å². The van der Waals surface area contributed by atoms with Crippen LogP contribution in [0.15, 0.2) is 18.2 Å². The summed E-state index contributed by atoms with van der Waals surface area (Å²) in [5.41, 5.74) is 9.01. The lowest BCUT2D eigenvalue weighted by Crippen LogP contribution is -2.46. The summed E-state index contributed by atoms with van der Waals surface area (Å²) in [7, 11) is 0. The van der Waals surface area contributed by atoms with Crippen molar-refractivity contribution in [2.45, 2.75) is 25.8 Å². The zero-order chi connectivity index (χ0) is 12.7. The van der Waals surface area contributed by atoms with Gasteiger partial charge in [-0.1, -0.05) is 0 Å². The summed E-state index contributed by atoms with van der Waals surface area (Å²) in [5.74, 6) is 0.383. The van der Waals surface area contributed by atoms with Gasteiger partial charge in [-0.2, -0.15) is 0 Å². The third kappa shape index (κ3) is 1.72. The summed E-state index contributed by atoms with van der Waals surface area (Å²) < 4.78 is 0. The monoisotopic (exact) mass is 245 g/mol. The number of amides is 1. The topological polar surface area (TPSA) is 58.4 Å². The van der Waals surface area contributed by atoms with E-state index in [0.717, 1.165) is 31.6 Å². The molecule has 96 valence electrons. The molecule has 1 aromatic rings. The molecule has 18 heavy (non-hydrogen) atoms. The summed E-state index contributed by atoms with van der Waals surface area (Å²) >= 11 is 0. The predicted octanol–water partition coefficient (Wildman–Crippen LogP) is 1.29. The number of nitrogen functional groups attached to an aromatic ring is 1. The van der Waals surface area contributed by atoms with Crippen molar-refractivity contribution in [3.63, 3.8) is 0 Å². The quantitative estimate of drug-likeness (QED) is 0.733. The van der Waals surface area contributed by atoms with E-state index in [1.807, 2.05) is 12.1 Å². The molecule has 3 N–H and O–H groups in total. The van der Waals surface area contributed by atoms with Gasteiger partial charge in [0.1, 0.15) is 0 Å². The number of anilines is 2. The minimum Gasteiger partial charge on any atom is -0.399 e. The number of aryl methyl sites for hydroxylation is 1. The van der Waals surface area contributed by atoms with Gasteiger partial charge >= 0.3 is 0 Å². The number of benzene rings is 1. The fraction of sp³-hybridized carbons (Fsp3) is 0.500. The number of nitrogens with two attached hydrogens (primary N) is 1. The molecule has 0 spiro atoms. The molecule has 2 fully saturated rings. The van der Waals surface area contributed by atoms with Crippen LogP contribution in [0.1, 0.15) is 18.4 Å². The van der Waals surface area contributed by atoms with Gasteiger partial charge < -0.3 is 16.0 Å². The molecular weight excluding hydrogens is 226 g/mol. The lowest BCUT2D eigenvalue weighted by molar-refractivity contribution is -0.122. The first-order valence-corrected chi connectivity index (χ1v) is 6.57. The van der Waals surface area contributed by atoms with Crippen LogP contribution in [-0.2, 0) is 4.79 Å². The molecule has 0 radical (unpaired) electrons. The smallest absolute Gasteiger partial charge is 0.225 e. The number of carbonyl (C=O) groups is 1. The van der Waals surface area contributed by atoms with E-state index in [0.29, 0.717) is 6.04 Å². The molecule has 2 aliphatic rings. The average Bonchev–Trinajstić information content (AvgIpc) is 2.72. The molecule has 0 aliphatic carbocycles. The van der Waals surface area contributed by atoms with Crippen molar-refractivity contribution >= 4 is 17.3 Å². The minimum absolute atomic E-state index is 0.163. The summed E-state index contributed by atoms with van der Waals surface area (Å²) in [5, 5.41) is 2.99. The van der Waals surface area contributed by atoms with Gasteiger partial charge in [0, 0.05) is 24.5 Å². The van der Waals surface area contributed by atoms with Crippen LogP contribution >= 0.6 is 0 Å². The molecule has 0 aromatic heterocycles. The van der Waals surface area contributed by atoms with Crippen molar-refractivity contribution < 1.29 is 4.79 Å². The number of piperidine rings is 1. The van der Waals surface area contributed by atoms with Crippen LogP contribution in [0.2, 0.25) is 0 Å².